The number of fused-ring (bicyclic) bond motifs is 3. The Kier molecular flexibility index (Phi) is 4.74. The number of nitrogens with zero attached hydrogens (tertiary/aromatic N) is 3. The summed E-state index contributed by atoms with van der Waals surface area (Å²) >= 11 is 0. The summed E-state index contributed by atoms with van der Waals surface area (Å²) in [6, 6.07) is 2.75. The van der Waals surface area contributed by atoms with E-state index < -0.39 is 44.8 Å². The summed E-state index contributed by atoms with van der Waals surface area (Å²) in [6.07, 6.45) is 2.08. The molecule has 1 aliphatic heterocycles. The van der Waals surface area contributed by atoms with Crippen molar-refractivity contribution in [1.29, 1.82) is 0 Å². The lowest BCUT2D eigenvalue weighted by molar-refractivity contribution is 0.141. The minimum atomic E-state index is -4.31. The molecular formula is C18H14F2N4O5S. The Morgan fingerprint density at radius 1 is 1.20 bits per heavy atom. The van der Waals surface area contributed by atoms with Crippen LogP contribution in [0.2, 0.25) is 0 Å². The van der Waals surface area contributed by atoms with E-state index in [4.69, 9.17) is 14.6 Å². The number of carbonyl (C=O) groups is 1. The molecule has 0 bridgehead atoms. The molecule has 0 fully saturated rings. The van der Waals surface area contributed by atoms with Crippen LogP contribution in [0.5, 0.6) is 5.88 Å². The van der Waals surface area contributed by atoms with Crippen molar-refractivity contribution < 1.29 is 31.5 Å². The summed E-state index contributed by atoms with van der Waals surface area (Å²) in [6.45, 7) is -0.630. The van der Waals surface area contributed by atoms with Crippen molar-refractivity contribution in [2.45, 2.75) is 18.0 Å². The van der Waals surface area contributed by atoms with E-state index in [0.29, 0.717) is 40.2 Å². The van der Waals surface area contributed by atoms with Crippen LogP contribution in [0.4, 0.5) is 19.3 Å². The number of sulfonamides is 1. The number of halogens is 2. The molecule has 0 aliphatic carbocycles. The van der Waals surface area contributed by atoms with E-state index in [1.807, 2.05) is 0 Å². The van der Waals surface area contributed by atoms with Crippen LogP contribution < -0.4 is 14.8 Å². The highest BCUT2D eigenvalue weighted by Gasteiger charge is 2.31. The Bertz CT molecular complexity index is 1280. The standard InChI is InChI=1S/C18H14F2N4O5S/c1-28-16-4-15-11(6-23-16)17-9(5-22-15)8-29-18(25)24(17)7-12-13(19)2-10(3-14(12)20)30(21,26)27/h2-6H,7-8H2,1H3,(H2,21,26,27). The molecule has 0 atom stereocenters. The molecule has 4 rings (SSSR count). The van der Waals surface area contributed by atoms with Gasteiger partial charge in [0.25, 0.3) is 0 Å². The van der Waals surface area contributed by atoms with E-state index in [0.717, 1.165) is 4.90 Å². The first-order valence-electron chi connectivity index (χ1n) is 8.45. The minimum absolute atomic E-state index is 0.0744. The SMILES string of the molecule is COc1cc2ncc3c(c2cn1)N(Cc1c(F)cc(S(N)(=O)=O)cc1F)C(=O)OC3. The molecule has 30 heavy (non-hydrogen) atoms. The lowest BCUT2D eigenvalue weighted by atomic mass is 10.1. The maximum absolute atomic E-state index is 14.5. The maximum Gasteiger partial charge on any atom is 0.414 e. The number of ether oxygens (including phenoxy) is 2. The van der Waals surface area contributed by atoms with Crippen LogP contribution in [-0.4, -0.2) is 31.6 Å². The van der Waals surface area contributed by atoms with Crippen molar-refractivity contribution in [1.82, 2.24) is 9.97 Å². The maximum atomic E-state index is 14.5. The highest BCUT2D eigenvalue weighted by molar-refractivity contribution is 7.89. The van der Waals surface area contributed by atoms with Crippen LogP contribution in [-0.2, 0) is 27.9 Å². The smallest absolute Gasteiger partial charge is 0.414 e. The lowest BCUT2D eigenvalue weighted by Gasteiger charge is -2.30. The summed E-state index contributed by atoms with van der Waals surface area (Å²) in [5, 5.41) is 5.38. The molecule has 2 N–H and O–H groups in total. The number of nitrogens with two attached hydrogens (primary N) is 1. The molecule has 12 heteroatoms. The largest absolute Gasteiger partial charge is 0.481 e. The fourth-order valence-corrected chi connectivity index (χ4v) is 3.67. The lowest BCUT2D eigenvalue weighted by Crippen LogP contribution is -2.36. The average molecular weight is 436 g/mol. The molecule has 156 valence electrons. The Hall–Kier alpha value is -3.38. The molecule has 9 nitrogen and oxygen atoms in total. The summed E-state index contributed by atoms with van der Waals surface area (Å²) in [5.74, 6) is -2.04. The van der Waals surface area contributed by atoms with Gasteiger partial charge in [0.2, 0.25) is 15.9 Å². The van der Waals surface area contributed by atoms with Crippen LogP contribution in [0.3, 0.4) is 0 Å². The Morgan fingerprint density at radius 3 is 2.53 bits per heavy atom. The fourth-order valence-electron chi connectivity index (χ4n) is 3.14. The van der Waals surface area contributed by atoms with Crippen LogP contribution in [0.25, 0.3) is 10.9 Å². The molecule has 0 saturated heterocycles. The third-order valence-corrected chi connectivity index (χ3v) is 5.48. The van der Waals surface area contributed by atoms with Gasteiger partial charge in [-0.25, -0.2) is 32.1 Å². The topological polar surface area (TPSA) is 125 Å². The van der Waals surface area contributed by atoms with Crippen molar-refractivity contribution in [3.63, 3.8) is 0 Å². The molecule has 3 heterocycles. The molecule has 1 aliphatic rings. The van der Waals surface area contributed by atoms with E-state index in [1.54, 1.807) is 6.07 Å². The monoisotopic (exact) mass is 436 g/mol. The molecule has 0 spiro atoms. The number of primary sulfonamides is 1. The predicted octanol–water partition coefficient (Wildman–Crippen LogP) is 2.22. The van der Waals surface area contributed by atoms with Gasteiger partial charge in [-0.3, -0.25) is 9.88 Å². The molecule has 0 saturated carbocycles. The third-order valence-electron chi connectivity index (χ3n) is 4.59. The molecule has 1 aromatic carbocycles. The number of amides is 1. The second kappa shape index (κ2) is 7.15. The summed E-state index contributed by atoms with van der Waals surface area (Å²) in [4.78, 5) is 21.2. The average Bonchev–Trinajstić information content (AvgIpc) is 2.70. The van der Waals surface area contributed by atoms with E-state index in [-0.39, 0.29) is 6.61 Å². The number of hydrogen-bond acceptors (Lipinski definition) is 7. The minimum Gasteiger partial charge on any atom is -0.481 e. The van der Waals surface area contributed by atoms with Gasteiger partial charge in [-0.1, -0.05) is 0 Å². The predicted molar refractivity (Wildman–Crippen MR) is 100 cm³/mol. The molecule has 0 radical (unpaired) electrons. The fraction of sp³-hybridized carbons (Fsp3) is 0.167. The van der Waals surface area contributed by atoms with Crippen molar-refractivity contribution >= 4 is 32.7 Å². The van der Waals surface area contributed by atoms with Gasteiger partial charge in [-0.2, -0.15) is 0 Å². The number of carbonyl (C=O) groups excluding carboxylic acids is 1. The van der Waals surface area contributed by atoms with Crippen LogP contribution in [0.1, 0.15) is 11.1 Å². The van der Waals surface area contributed by atoms with E-state index in [9.17, 15) is 22.0 Å². The van der Waals surface area contributed by atoms with Gasteiger partial charge in [0, 0.05) is 35.0 Å². The van der Waals surface area contributed by atoms with Crippen molar-refractivity contribution in [2.75, 3.05) is 12.0 Å². The van der Waals surface area contributed by atoms with Crippen molar-refractivity contribution in [3.8, 4) is 5.88 Å². The molecule has 0 unspecified atom stereocenters. The molecule has 2 aromatic heterocycles. The first kappa shape index (κ1) is 19.9. The third kappa shape index (κ3) is 3.39. The summed E-state index contributed by atoms with van der Waals surface area (Å²) in [7, 11) is -2.87. The number of aromatic nitrogens is 2. The van der Waals surface area contributed by atoms with Gasteiger partial charge in [-0.15, -0.1) is 0 Å². The van der Waals surface area contributed by atoms with Crippen molar-refractivity contribution in [3.05, 3.63) is 53.4 Å². The Balaban J connectivity index is 1.84. The van der Waals surface area contributed by atoms with Gasteiger partial charge >= 0.3 is 6.09 Å². The number of rotatable bonds is 4. The van der Waals surface area contributed by atoms with Gasteiger partial charge in [0.1, 0.15) is 18.2 Å². The zero-order valence-electron chi connectivity index (χ0n) is 15.4. The number of benzene rings is 1. The van der Waals surface area contributed by atoms with E-state index >= 15 is 0 Å². The van der Waals surface area contributed by atoms with Crippen LogP contribution in [0, 0.1) is 11.6 Å². The second-order valence-electron chi connectivity index (χ2n) is 6.43. The molecule has 3 aromatic rings. The van der Waals surface area contributed by atoms with Crippen LogP contribution >= 0.6 is 0 Å². The highest BCUT2D eigenvalue weighted by atomic mass is 32.2. The van der Waals surface area contributed by atoms with Gasteiger partial charge < -0.3 is 9.47 Å². The number of pyridine rings is 2. The quantitative estimate of drug-likeness (QED) is 0.665. The Labute approximate surface area is 169 Å². The zero-order valence-corrected chi connectivity index (χ0v) is 16.2. The van der Waals surface area contributed by atoms with Gasteiger partial charge in [0.05, 0.1) is 29.8 Å². The summed E-state index contributed by atoms with van der Waals surface area (Å²) in [5.41, 5.74) is 0.765. The number of anilines is 1. The zero-order chi connectivity index (χ0) is 21.6. The van der Waals surface area contributed by atoms with Gasteiger partial charge in [-0.05, 0) is 12.1 Å². The normalized spacial score (nSPS) is 13.9. The van der Waals surface area contributed by atoms with E-state index in [2.05, 4.69) is 9.97 Å². The van der Waals surface area contributed by atoms with Crippen molar-refractivity contribution in [2.24, 2.45) is 5.14 Å². The molecular weight excluding hydrogens is 422 g/mol. The first-order valence-corrected chi connectivity index (χ1v) is 10.0. The highest BCUT2D eigenvalue weighted by Crippen LogP contribution is 2.36. The first-order chi connectivity index (χ1) is 14.2. The number of methoxy groups -OCH3 is 1. The second-order valence-corrected chi connectivity index (χ2v) is 7.99. The van der Waals surface area contributed by atoms with Crippen LogP contribution in [0.15, 0.2) is 35.5 Å². The van der Waals surface area contributed by atoms with E-state index in [1.165, 1.54) is 19.5 Å². The molecule has 1 amide bonds. The number of cyclic esters (lactones) is 1. The Morgan fingerprint density at radius 2 is 1.90 bits per heavy atom. The van der Waals surface area contributed by atoms with Gasteiger partial charge in [0.15, 0.2) is 0 Å². The summed E-state index contributed by atoms with van der Waals surface area (Å²) < 4.78 is 62.0. The number of hydrogen-bond donors (Lipinski definition) is 1.